The maximum Gasteiger partial charge on any atom is 0.133 e. The first kappa shape index (κ1) is 12.1. The zero-order chi connectivity index (χ0) is 12.4. The summed E-state index contributed by atoms with van der Waals surface area (Å²) in [6.45, 7) is 0. The Morgan fingerprint density at radius 2 is 2.18 bits per heavy atom. The molecule has 4 nitrogen and oxygen atoms in total. The van der Waals surface area contributed by atoms with E-state index in [1.165, 1.54) is 0 Å². The van der Waals surface area contributed by atoms with E-state index in [1.54, 1.807) is 18.0 Å². The first-order valence-electron chi connectivity index (χ1n) is 5.19. The SMILES string of the molecule is COc1ccc(C(N)c2cnn(C)c2)cc1Br. The summed E-state index contributed by atoms with van der Waals surface area (Å²) in [5.41, 5.74) is 8.18. The monoisotopic (exact) mass is 295 g/mol. The molecule has 0 saturated carbocycles. The predicted molar refractivity (Wildman–Crippen MR) is 69.9 cm³/mol. The van der Waals surface area contributed by atoms with Gasteiger partial charge in [-0.25, -0.2) is 0 Å². The molecule has 1 unspecified atom stereocenters. The van der Waals surface area contributed by atoms with E-state index < -0.39 is 0 Å². The Morgan fingerprint density at radius 1 is 1.41 bits per heavy atom. The Kier molecular flexibility index (Phi) is 3.49. The van der Waals surface area contributed by atoms with Gasteiger partial charge in [-0.2, -0.15) is 5.10 Å². The van der Waals surface area contributed by atoms with E-state index >= 15 is 0 Å². The van der Waals surface area contributed by atoms with Crippen LogP contribution < -0.4 is 10.5 Å². The topological polar surface area (TPSA) is 53.1 Å². The number of halogens is 1. The molecule has 1 aromatic carbocycles. The Morgan fingerprint density at radius 3 is 2.71 bits per heavy atom. The number of benzene rings is 1. The van der Waals surface area contributed by atoms with Crippen molar-refractivity contribution in [2.24, 2.45) is 12.8 Å². The van der Waals surface area contributed by atoms with E-state index in [0.717, 1.165) is 21.3 Å². The second-order valence-electron chi connectivity index (χ2n) is 3.82. The maximum absolute atomic E-state index is 6.18. The van der Waals surface area contributed by atoms with Gasteiger partial charge < -0.3 is 10.5 Å². The summed E-state index contributed by atoms with van der Waals surface area (Å²) in [6.07, 6.45) is 3.70. The number of nitrogens with zero attached hydrogens (tertiary/aromatic N) is 2. The lowest BCUT2D eigenvalue weighted by molar-refractivity contribution is 0.412. The van der Waals surface area contributed by atoms with Gasteiger partial charge in [0, 0.05) is 18.8 Å². The number of rotatable bonds is 3. The lowest BCUT2D eigenvalue weighted by Crippen LogP contribution is -2.11. The van der Waals surface area contributed by atoms with Gasteiger partial charge in [-0.05, 0) is 33.6 Å². The minimum absolute atomic E-state index is 0.175. The Hall–Kier alpha value is -1.33. The summed E-state index contributed by atoms with van der Waals surface area (Å²) in [6, 6.07) is 5.65. The molecule has 5 heteroatoms. The van der Waals surface area contributed by atoms with Gasteiger partial charge in [-0.15, -0.1) is 0 Å². The maximum atomic E-state index is 6.18. The zero-order valence-electron chi connectivity index (χ0n) is 9.72. The number of nitrogens with two attached hydrogens (primary N) is 1. The van der Waals surface area contributed by atoms with E-state index in [4.69, 9.17) is 10.5 Å². The number of hydrogen-bond acceptors (Lipinski definition) is 3. The molecule has 1 atom stereocenters. The lowest BCUT2D eigenvalue weighted by atomic mass is 10.0. The molecule has 0 aliphatic carbocycles. The molecule has 0 aliphatic heterocycles. The predicted octanol–water partition coefficient (Wildman–Crippen LogP) is 2.24. The van der Waals surface area contributed by atoms with Gasteiger partial charge in [-0.1, -0.05) is 6.07 Å². The molecular weight excluding hydrogens is 282 g/mol. The van der Waals surface area contributed by atoms with Gasteiger partial charge in [0.15, 0.2) is 0 Å². The van der Waals surface area contributed by atoms with Gasteiger partial charge in [0.1, 0.15) is 5.75 Å². The molecule has 2 rings (SSSR count). The van der Waals surface area contributed by atoms with Crippen LogP contribution in [0.1, 0.15) is 17.2 Å². The minimum Gasteiger partial charge on any atom is -0.496 e. The summed E-state index contributed by atoms with van der Waals surface area (Å²) in [4.78, 5) is 0. The molecule has 1 aromatic heterocycles. The summed E-state index contributed by atoms with van der Waals surface area (Å²) in [7, 11) is 3.51. The molecule has 0 amide bonds. The van der Waals surface area contributed by atoms with Crippen LogP contribution in [0, 0.1) is 0 Å². The van der Waals surface area contributed by atoms with Crippen molar-refractivity contribution in [1.29, 1.82) is 0 Å². The third-order valence-corrected chi connectivity index (χ3v) is 3.24. The van der Waals surface area contributed by atoms with Gasteiger partial charge in [0.05, 0.1) is 23.8 Å². The third-order valence-electron chi connectivity index (χ3n) is 2.62. The zero-order valence-corrected chi connectivity index (χ0v) is 11.3. The van der Waals surface area contributed by atoms with Crippen molar-refractivity contribution in [2.45, 2.75) is 6.04 Å². The molecule has 0 radical (unpaired) electrons. The van der Waals surface area contributed by atoms with E-state index in [1.807, 2.05) is 31.4 Å². The molecule has 0 aliphatic rings. The molecule has 0 bridgehead atoms. The van der Waals surface area contributed by atoms with Gasteiger partial charge >= 0.3 is 0 Å². The standard InChI is InChI=1S/C12H14BrN3O/c1-16-7-9(6-15-16)12(14)8-3-4-11(17-2)10(13)5-8/h3-7,12H,14H2,1-2H3. The summed E-state index contributed by atoms with van der Waals surface area (Å²) in [5, 5.41) is 4.12. The molecular formula is C12H14BrN3O. The van der Waals surface area contributed by atoms with Crippen LogP contribution in [0.4, 0.5) is 0 Å². The Balaban J connectivity index is 2.31. The molecule has 0 fully saturated rings. The van der Waals surface area contributed by atoms with Crippen molar-refractivity contribution < 1.29 is 4.74 Å². The first-order valence-corrected chi connectivity index (χ1v) is 5.98. The fourth-order valence-electron chi connectivity index (χ4n) is 1.67. The van der Waals surface area contributed by atoms with Crippen LogP contribution in [-0.2, 0) is 7.05 Å². The normalized spacial score (nSPS) is 12.5. The van der Waals surface area contributed by atoms with Crippen LogP contribution in [0.5, 0.6) is 5.75 Å². The highest BCUT2D eigenvalue weighted by atomic mass is 79.9. The van der Waals surface area contributed by atoms with Gasteiger partial charge in [0.25, 0.3) is 0 Å². The van der Waals surface area contributed by atoms with Crippen LogP contribution in [0.15, 0.2) is 35.1 Å². The summed E-state index contributed by atoms with van der Waals surface area (Å²) < 4.78 is 7.83. The second kappa shape index (κ2) is 4.89. The van der Waals surface area contributed by atoms with Crippen molar-refractivity contribution in [3.05, 3.63) is 46.2 Å². The van der Waals surface area contributed by atoms with Crippen LogP contribution >= 0.6 is 15.9 Å². The molecule has 0 saturated heterocycles. The van der Waals surface area contributed by atoms with Crippen molar-refractivity contribution >= 4 is 15.9 Å². The van der Waals surface area contributed by atoms with E-state index in [2.05, 4.69) is 21.0 Å². The third kappa shape index (κ3) is 2.50. The largest absolute Gasteiger partial charge is 0.496 e. The number of aryl methyl sites for hydroxylation is 1. The number of ether oxygens (including phenoxy) is 1. The average molecular weight is 296 g/mol. The van der Waals surface area contributed by atoms with Crippen molar-refractivity contribution in [3.8, 4) is 5.75 Å². The highest BCUT2D eigenvalue weighted by Crippen LogP contribution is 2.29. The van der Waals surface area contributed by atoms with Crippen molar-refractivity contribution in [2.75, 3.05) is 7.11 Å². The smallest absolute Gasteiger partial charge is 0.133 e. The summed E-state index contributed by atoms with van der Waals surface area (Å²) in [5.74, 6) is 0.798. The molecule has 17 heavy (non-hydrogen) atoms. The molecule has 2 aromatic rings. The van der Waals surface area contributed by atoms with Crippen LogP contribution in [0.3, 0.4) is 0 Å². The Bertz CT molecular complexity index is 524. The number of hydrogen-bond donors (Lipinski definition) is 1. The number of methoxy groups -OCH3 is 1. The minimum atomic E-state index is -0.175. The summed E-state index contributed by atoms with van der Waals surface area (Å²) >= 11 is 3.45. The van der Waals surface area contributed by atoms with E-state index in [0.29, 0.717) is 0 Å². The van der Waals surface area contributed by atoms with Crippen LogP contribution in [0.2, 0.25) is 0 Å². The van der Waals surface area contributed by atoms with Crippen LogP contribution in [-0.4, -0.2) is 16.9 Å². The quantitative estimate of drug-likeness (QED) is 0.945. The molecule has 0 spiro atoms. The average Bonchev–Trinajstić information content (AvgIpc) is 2.75. The fourth-order valence-corrected chi connectivity index (χ4v) is 2.23. The second-order valence-corrected chi connectivity index (χ2v) is 4.67. The molecule has 1 heterocycles. The first-order chi connectivity index (χ1) is 8.11. The highest BCUT2D eigenvalue weighted by molar-refractivity contribution is 9.10. The van der Waals surface area contributed by atoms with Crippen LogP contribution in [0.25, 0.3) is 0 Å². The molecule has 90 valence electrons. The number of aromatic nitrogens is 2. The lowest BCUT2D eigenvalue weighted by Gasteiger charge is -2.12. The van der Waals surface area contributed by atoms with Crippen molar-refractivity contribution in [1.82, 2.24) is 9.78 Å². The van der Waals surface area contributed by atoms with E-state index in [9.17, 15) is 0 Å². The fraction of sp³-hybridized carbons (Fsp3) is 0.250. The van der Waals surface area contributed by atoms with Crippen molar-refractivity contribution in [3.63, 3.8) is 0 Å². The highest BCUT2D eigenvalue weighted by Gasteiger charge is 2.12. The Labute approximate surface area is 109 Å². The van der Waals surface area contributed by atoms with E-state index in [-0.39, 0.29) is 6.04 Å². The van der Waals surface area contributed by atoms with Gasteiger partial charge in [-0.3, -0.25) is 4.68 Å². The molecule has 2 N–H and O–H groups in total. The van der Waals surface area contributed by atoms with Gasteiger partial charge in [0.2, 0.25) is 0 Å².